The molecule has 0 atom stereocenters. The Hall–Kier alpha value is -3.71. The molecule has 3 heterocycles. The molecule has 2 aliphatic rings. The van der Waals surface area contributed by atoms with E-state index in [1.54, 1.807) is 0 Å². The van der Waals surface area contributed by atoms with E-state index in [1.807, 2.05) is 17.3 Å². The zero-order valence-corrected chi connectivity index (χ0v) is 22.8. The molecule has 2 aliphatic heterocycles. The fraction of sp³-hybridized carbons (Fsp3) is 0.387. The fourth-order valence-electron chi connectivity index (χ4n) is 5.32. The number of piperazine rings is 1. The number of aromatic nitrogens is 2. The Morgan fingerprint density at radius 2 is 1.53 bits per heavy atom. The molecule has 0 saturated carbocycles. The average molecular weight is 511 g/mol. The predicted octanol–water partition coefficient (Wildman–Crippen LogP) is 4.85. The monoisotopic (exact) mass is 510 g/mol. The van der Waals surface area contributed by atoms with Gasteiger partial charge in [-0.2, -0.15) is 0 Å². The zero-order chi connectivity index (χ0) is 26.6. The standard InChI is InChI=1S/C31H38N6O/c1-23(2)19-31(38)36-17-18-37-29(21-33-30(37)22-36)27-11-7-25(8-12-27)24-5-9-26(10-6-24)28(20-32-3)35-15-13-34(4)14-16-35/h5-12,20-21,23H,3,13-19,22H2,1-2,4H3/b28-20-. The van der Waals surface area contributed by atoms with E-state index in [0.717, 1.165) is 67.6 Å². The molecule has 0 unspecified atom stereocenters. The summed E-state index contributed by atoms with van der Waals surface area (Å²) in [4.78, 5) is 27.9. The predicted molar refractivity (Wildman–Crippen MR) is 155 cm³/mol. The van der Waals surface area contributed by atoms with Crippen LogP contribution in [0.3, 0.4) is 0 Å². The first kappa shape index (κ1) is 25.9. The maximum absolute atomic E-state index is 12.5. The van der Waals surface area contributed by atoms with Crippen LogP contribution in [0.15, 0.2) is 65.9 Å². The van der Waals surface area contributed by atoms with Gasteiger partial charge in [-0.15, -0.1) is 0 Å². The number of fused-ring (bicyclic) bond motifs is 1. The molecular formula is C31H38N6O. The normalized spacial score (nSPS) is 16.6. The molecule has 2 aromatic carbocycles. The highest BCUT2D eigenvalue weighted by Crippen LogP contribution is 2.29. The number of likely N-dealkylation sites (N-methyl/N-ethyl adjacent to an activating group) is 1. The molecule has 38 heavy (non-hydrogen) atoms. The molecule has 1 saturated heterocycles. The van der Waals surface area contributed by atoms with Crippen LogP contribution in [0.5, 0.6) is 0 Å². The van der Waals surface area contributed by atoms with Gasteiger partial charge >= 0.3 is 0 Å². The van der Waals surface area contributed by atoms with Gasteiger partial charge in [0, 0.05) is 45.7 Å². The second-order valence-corrected chi connectivity index (χ2v) is 10.8. The number of amides is 1. The maximum atomic E-state index is 12.5. The summed E-state index contributed by atoms with van der Waals surface area (Å²) in [6.07, 6.45) is 4.41. The second-order valence-electron chi connectivity index (χ2n) is 10.8. The maximum Gasteiger partial charge on any atom is 0.223 e. The largest absolute Gasteiger partial charge is 0.367 e. The summed E-state index contributed by atoms with van der Waals surface area (Å²) < 4.78 is 2.25. The number of carbonyl (C=O) groups excluding carboxylic acids is 1. The molecule has 0 spiro atoms. The lowest BCUT2D eigenvalue weighted by Crippen LogP contribution is -2.43. The minimum absolute atomic E-state index is 0.220. The van der Waals surface area contributed by atoms with Crippen molar-refractivity contribution in [2.75, 3.05) is 39.8 Å². The minimum Gasteiger partial charge on any atom is -0.367 e. The zero-order valence-electron chi connectivity index (χ0n) is 22.8. The summed E-state index contributed by atoms with van der Waals surface area (Å²) in [6.45, 7) is 14.0. The van der Waals surface area contributed by atoms with Crippen LogP contribution in [-0.2, 0) is 17.9 Å². The van der Waals surface area contributed by atoms with E-state index in [4.69, 9.17) is 0 Å². The molecule has 5 rings (SSSR count). The van der Waals surface area contributed by atoms with Gasteiger partial charge in [-0.25, -0.2) is 4.98 Å². The van der Waals surface area contributed by atoms with Gasteiger partial charge in [0.2, 0.25) is 5.91 Å². The third kappa shape index (κ3) is 5.58. The summed E-state index contributed by atoms with van der Waals surface area (Å²) in [5.41, 5.74) is 6.90. The van der Waals surface area contributed by atoms with Crippen molar-refractivity contribution in [2.45, 2.75) is 33.4 Å². The van der Waals surface area contributed by atoms with Crippen molar-refractivity contribution in [1.82, 2.24) is 24.3 Å². The molecule has 0 aliphatic carbocycles. The number of imidazole rings is 1. The minimum atomic E-state index is 0.220. The van der Waals surface area contributed by atoms with E-state index in [1.165, 1.54) is 11.1 Å². The number of rotatable bonds is 7. The lowest BCUT2D eigenvalue weighted by molar-refractivity contribution is -0.133. The lowest BCUT2D eigenvalue weighted by Gasteiger charge is -2.35. The number of benzene rings is 2. The number of hydrogen-bond donors (Lipinski definition) is 0. The Bertz CT molecular complexity index is 1300. The SMILES string of the molecule is C=N/C=C(/c1ccc(-c2ccc(-c3cnc4n3CCN(C(=O)CC(C)C)C4)cc2)cc1)N1CCN(C)CC1. The van der Waals surface area contributed by atoms with Crippen LogP contribution in [0, 0.1) is 5.92 Å². The van der Waals surface area contributed by atoms with Crippen LogP contribution >= 0.6 is 0 Å². The number of nitrogens with zero attached hydrogens (tertiary/aromatic N) is 6. The van der Waals surface area contributed by atoms with Gasteiger partial charge in [0.15, 0.2) is 0 Å². The second kappa shape index (κ2) is 11.4. The lowest BCUT2D eigenvalue weighted by atomic mass is 10.0. The van der Waals surface area contributed by atoms with Crippen molar-refractivity contribution in [3.63, 3.8) is 0 Å². The van der Waals surface area contributed by atoms with Gasteiger partial charge in [0.05, 0.1) is 30.3 Å². The summed E-state index contributed by atoms with van der Waals surface area (Å²) in [5, 5.41) is 0. The highest BCUT2D eigenvalue weighted by molar-refractivity contribution is 5.76. The fourth-order valence-corrected chi connectivity index (χ4v) is 5.32. The molecule has 3 aromatic rings. The van der Waals surface area contributed by atoms with Crippen molar-refractivity contribution in [2.24, 2.45) is 10.9 Å². The van der Waals surface area contributed by atoms with Gasteiger partial charge in [-0.3, -0.25) is 9.79 Å². The van der Waals surface area contributed by atoms with E-state index in [-0.39, 0.29) is 5.91 Å². The van der Waals surface area contributed by atoms with E-state index >= 15 is 0 Å². The van der Waals surface area contributed by atoms with Crippen molar-refractivity contribution < 1.29 is 4.79 Å². The highest BCUT2D eigenvalue weighted by atomic mass is 16.2. The van der Waals surface area contributed by atoms with Crippen LogP contribution in [0.2, 0.25) is 0 Å². The van der Waals surface area contributed by atoms with Gasteiger partial charge < -0.3 is 19.3 Å². The topological polar surface area (TPSA) is 57.0 Å². The van der Waals surface area contributed by atoms with E-state index < -0.39 is 0 Å². The first-order valence-corrected chi connectivity index (χ1v) is 13.6. The Balaban J connectivity index is 1.29. The van der Waals surface area contributed by atoms with Gasteiger partial charge in [0.1, 0.15) is 5.82 Å². The molecule has 7 heteroatoms. The Labute approximate surface area is 226 Å². The van der Waals surface area contributed by atoms with Gasteiger partial charge in [-0.1, -0.05) is 62.4 Å². The van der Waals surface area contributed by atoms with Gasteiger partial charge in [0.25, 0.3) is 0 Å². The Kier molecular flexibility index (Phi) is 7.74. The van der Waals surface area contributed by atoms with Crippen LogP contribution in [0.25, 0.3) is 28.1 Å². The van der Waals surface area contributed by atoms with Crippen molar-refractivity contribution in [1.29, 1.82) is 0 Å². The van der Waals surface area contributed by atoms with Crippen LogP contribution in [-0.4, -0.2) is 76.6 Å². The first-order chi connectivity index (χ1) is 18.4. The Morgan fingerprint density at radius 3 is 2.16 bits per heavy atom. The summed E-state index contributed by atoms with van der Waals surface area (Å²) >= 11 is 0. The molecule has 7 nitrogen and oxygen atoms in total. The average Bonchev–Trinajstić information content (AvgIpc) is 3.36. The molecule has 198 valence electrons. The first-order valence-electron chi connectivity index (χ1n) is 13.6. The summed E-state index contributed by atoms with van der Waals surface area (Å²) in [5.74, 6) is 1.55. The molecule has 1 amide bonds. The quantitative estimate of drug-likeness (QED) is 0.427. The van der Waals surface area contributed by atoms with Crippen molar-refractivity contribution in [3.05, 3.63) is 72.3 Å². The van der Waals surface area contributed by atoms with Crippen molar-refractivity contribution in [3.8, 4) is 22.4 Å². The van der Waals surface area contributed by atoms with E-state index in [9.17, 15) is 4.79 Å². The molecule has 0 N–H and O–H groups in total. The molecule has 1 aromatic heterocycles. The summed E-state index contributed by atoms with van der Waals surface area (Å²) in [7, 11) is 2.17. The van der Waals surface area contributed by atoms with Crippen molar-refractivity contribution >= 4 is 18.3 Å². The number of aliphatic imine (C=N–C) groups is 1. The molecular weight excluding hydrogens is 472 g/mol. The molecule has 1 fully saturated rings. The highest BCUT2D eigenvalue weighted by Gasteiger charge is 2.24. The van der Waals surface area contributed by atoms with Gasteiger partial charge in [-0.05, 0) is 41.9 Å². The summed E-state index contributed by atoms with van der Waals surface area (Å²) in [6, 6.07) is 17.4. The molecule has 0 bridgehead atoms. The van der Waals surface area contributed by atoms with Crippen LogP contribution in [0.1, 0.15) is 31.7 Å². The molecule has 0 radical (unpaired) electrons. The third-order valence-corrected chi connectivity index (χ3v) is 7.55. The number of carbonyl (C=O) groups is 1. The van der Waals surface area contributed by atoms with Crippen LogP contribution in [0.4, 0.5) is 0 Å². The smallest absolute Gasteiger partial charge is 0.223 e. The van der Waals surface area contributed by atoms with E-state index in [2.05, 4.69) is 100 Å². The number of hydrogen-bond acceptors (Lipinski definition) is 5. The Morgan fingerprint density at radius 1 is 0.921 bits per heavy atom. The van der Waals surface area contributed by atoms with Crippen LogP contribution < -0.4 is 0 Å². The third-order valence-electron chi connectivity index (χ3n) is 7.55. The van der Waals surface area contributed by atoms with E-state index in [0.29, 0.717) is 18.9 Å².